The maximum Gasteiger partial charge on any atom is 0.347 e. The number of amides is 1. The van der Waals surface area contributed by atoms with Gasteiger partial charge in [-0.15, -0.1) is 0 Å². The average Bonchev–Trinajstić information content (AvgIpc) is 3.40. The quantitative estimate of drug-likeness (QED) is 0.877. The summed E-state index contributed by atoms with van der Waals surface area (Å²) in [5.41, 5.74) is 0.634. The van der Waals surface area contributed by atoms with Crippen molar-refractivity contribution in [1.29, 1.82) is 0 Å². The van der Waals surface area contributed by atoms with Crippen LogP contribution in [0.3, 0.4) is 0 Å². The highest BCUT2D eigenvalue weighted by Crippen LogP contribution is 2.41. The molecule has 1 N–H and O–H groups in total. The molecule has 1 amide bonds. The molecule has 0 bridgehead atoms. The SMILES string of the molecule is COc1ccc(C(NC(=O)Cn2cccnc2=O)C2CC2)cc1. The number of hydrogen-bond donors (Lipinski definition) is 1. The van der Waals surface area contributed by atoms with Crippen LogP contribution in [-0.4, -0.2) is 22.6 Å². The first kappa shape index (κ1) is 15.3. The van der Waals surface area contributed by atoms with Crippen LogP contribution in [0.1, 0.15) is 24.4 Å². The van der Waals surface area contributed by atoms with Gasteiger partial charge in [-0.3, -0.25) is 9.36 Å². The van der Waals surface area contributed by atoms with Crippen LogP contribution < -0.4 is 15.7 Å². The zero-order chi connectivity index (χ0) is 16.2. The summed E-state index contributed by atoms with van der Waals surface area (Å²) in [5.74, 6) is 1.06. The Morgan fingerprint density at radius 2 is 2.13 bits per heavy atom. The van der Waals surface area contributed by atoms with E-state index in [-0.39, 0.29) is 18.5 Å². The Kier molecular flexibility index (Phi) is 4.41. The van der Waals surface area contributed by atoms with Crippen molar-refractivity contribution in [2.24, 2.45) is 5.92 Å². The molecule has 3 rings (SSSR count). The third kappa shape index (κ3) is 3.77. The molecule has 0 saturated heterocycles. The van der Waals surface area contributed by atoms with Crippen molar-refractivity contribution >= 4 is 5.91 Å². The van der Waals surface area contributed by atoms with E-state index in [4.69, 9.17) is 4.74 Å². The number of aromatic nitrogens is 2. The average molecular weight is 313 g/mol. The third-order valence-electron chi connectivity index (χ3n) is 3.98. The molecule has 6 heteroatoms. The minimum Gasteiger partial charge on any atom is -0.497 e. The van der Waals surface area contributed by atoms with Crippen LogP contribution in [0.4, 0.5) is 0 Å². The number of rotatable bonds is 6. The van der Waals surface area contributed by atoms with E-state index in [0.29, 0.717) is 5.92 Å². The summed E-state index contributed by atoms with van der Waals surface area (Å²) in [4.78, 5) is 27.5. The minimum atomic E-state index is -0.421. The molecule has 1 aromatic carbocycles. The molecule has 1 aliphatic rings. The molecule has 1 aromatic heterocycles. The topological polar surface area (TPSA) is 73.2 Å². The van der Waals surface area contributed by atoms with Crippen molar-refractivity contribution in [2.45, 2.75) is 25.4 Å². The zero-order valence-corrected chi connectivity index (χ0v) is 12.9. The first-order chi connectivity index (χ1) is 11.2. The summed E-state index contributed by atoms with van der Waals surface area (Å²) >= 11 is 0. The van der Waals surface area contributed by atoms with Crippen LogP contribution in [0, 0.1) is 5.92 Å². The maximum atomic E-state index is 12.3. The fraction of sp³-hybridized carbons (Fsp3) is 0.353. The van der Waals surface area contributed by atoms with E-state index in [1.165, 1.54) is 10.8 Å². The van der Waals surface area contributed by atoms with E-state index in [9.17, 15) is 9.59 Å². The van der Waals surface area contributed by atoms with Gasteiger partial charge in [0.15, 0.2) is 0 Å². The van der Waals surface area contributed by atoms with Gasteiger partial charge in [0.05, 0.1) is 13.2 Å². The van der Waals surface area contributed by atoms with Gasteiger partial charge in [-0.05, 0) is 42.5 Å². The number of carbonyl (C=O) groups excluding carboxylic acids is 1. The predicted octanol–water partition coefficient (Wildman–Crippen LogP) is 1.52. The van der Waals surface area contributed by atoms with Gasteiger partial charge >= 0.3 is 5.69 Å². The lowest BCUT2D eigenvalue weighted by Gasteiger charge is -2.19. The smallest absolute Gasteiger partial charge is 0.347 e. The summed E-state index contributed by atoms with van der Waals surface area (Å²) in [5, 5.41) is 3.04. The third-order valence-corrected chi connectivity index (χ3v) is 3.98. The van der Waals surface area contributed by atoms with Gasteiger partial charge in [0, 0.05) is 12.4 Å². The Labute approximate surface area is 134 Å². The molecule has 0 radical (unpaired) electrons. The van der Waals surface area contributed by atoms with Gasteiger partial charge < -0.3 is 10.1 Å². The molecule has 120 valence electrons. The molecular weight excluding hydrogens is 294 g/mol. The van der Waals surface area contributed by atoms with Crippen LogP contribution in [0.5, 0.6) is 5.75 Å². The number of nitrogens with zero attached hydrogens (tertiary/aromatic N) is 2. The summed E-state index contributed by atoms with van der Waals surface area (Å²) in [7, 11) is 1.63. The fourth-order valence-electron chi connectivity index (χ4n) is 2.60. The molecule has 1 saturated carbocycles. The van der Waals surface area contributed by atoms with Gasteiger partial charge in [0.2, 0.25) is 5.91 Å². The molecule has 0 spiro atoms. The summed E-state index contributed by atoms with van der Waals surface area (Å²) in [6, 6.07) is 9.33. The molecule has 6 nitrogen and oxygen atoms in total. The van der Waals surface area contributed by atoms with E-state index in [0.717, 1.165) is 24.2 Å². The summed E-state index contributed by atoms with van der Waals surface area (Å²) in [6.07, 6.45) is 5.18. The monoisotopic (exact) mass is 313 g/mol. The lowest BCUT2D eigenvalue weighted by Crippen LogP contribution is -2.35. The number of methoxy groups -OCH3 is 1. The Morgan fingerprint density at radius 1 is 1.39 bits per heavy atom. The van der Waals surface area contributed by atoms with E-state index in [1.54, 1.807) is 19.4 Å². The first-order valence-electron chi connectivity index (χ1n) is 7.62. The van der Waals surface area contributed by atoms with Gasteiger partial charge in [-0.2, -0.15) is 0 Å². The zero-order valence-electron chi connectivity index (χ0n) is 12.9. The molecule has 23 heavy (non-hydrogen) atoms. The number of carbonyl (C=O) groups is 1. The van der Waals surface area contributed by atoms with Crippen LogP contribution in [0.15, 0.2) is 47.5 Å². The van der Waals surface area contributed by atoms with Crippen LogP contribution in [0.25, 0.3) is 0 Å². The van der Waals surface area contributed by atoms with Gasteiger partial charge in [-0.1, -0.05) is 12.1 Å². The Bertz CT molecular complexity index is 735. The van der Waals surface area contributed by atoms with Crippen molar-refractivity contribution in [3.63, 3.8) is 0 Å². The van der Waals surface area contributed by atoms with Crippen molar-refractivity contribution in [3.8, 4) is 5.75 Å². The Morgan fingerprint density at radius 3 is 2.74 bits per heavy atom. The number of nitrogens with one attached hydrogen (secondary N) is 1. The van der Waals surface area contributed by atoms with Gasteiger partial charge in [-0.25, -0.2) is 9.78 Å². The van der Waals surface area contributed by atoms with E-state index in [2.05, 4.69) is 10.3 Å². The highest BCUT2D eigenvalue weighted by atomic mass is 16.5. The van der Waals surface area contributed by atoms with Crippen molar-refractivity contribution < 1.29 is 9.53 Å². The van der Waals surface area contributed by atoms with Gasteiger partial charge in [0.25, 0.3) is 0 Å². The minimum absolute atomic E-state index is 0.0218. The Balaban J connectivity index is 1.71. The molecular formula is C17H19N3O3. The Hall–Kier alpha value is -2.63. The van der Waals surface area contributed by atoms with E-state index >= 15 is 0 Å². The second-order valence-electron chi connectivity index (χ2n) is 5.69. The van der Waals surface area contributed by atoms with Gasteiger partial charge in [0.1, 0.15) is 12.3 Å². The fourth-order valence-corrected chi connectivity index (χ4v) is 2.60. The van der Waals surface area contributed by atoms with Crippen LogP contribution in [0.2, 0.25) is 0 Å². The second-order valence-corrected chi connectivity index (χ2v) is 5.69. The van der Waals surface area contributed by atoms with Crippen molar-refractivity contribution in [1.82, 2.24) is 14.9 Å². The lowest BCUT2D eigenvalue weighted by molar-refractivity contribution is -0.122. The summed E-state index contributed by atoms with van der Waals surface area (Å²) < 4.78 is 6.46. The molecule has 1 aliphatic carbocycles. The standard InChI is InChI=1S/C17H19N3O3/c1-23-14-7-5-13(6-8-14)16(12-3-4-12)19-15(21)11-20-10-2-9-18-17(20)22/h2,5-10,12,16H,3-4,11H2,1H3,(H,19,21). The van der Waals surface area contributed by atoms with E-state index in [1.807, 2.05) is 24.3 Å². The molecule has 1 unspecified atom stereocenters. The number of hydrogen-bond acceptors (Lipinski definition) is 4. The molecule has 1 fully saturated rings. The molecule has 1 atom stereocenters. The summed E-state index contributed by atoms with van der Waals surface area (Å²) in [6.45, 7) is -0.0218. The number of benzene rings is 1. The largest absolute Gasteiger partial charge is 0.497 e. The maximum absolute atomic E-state index is 12.3. The normalized spacial score (nSPS) is 15.0. The van der Waals surface area contributed by atoms with Crippen LogP contribution in [-0.2, 0) is 11.3 Å². The van der Waals surface area contributed by atoms with E-state index < -0.39 is 5.69 Å². The molecule has 2 aromatic rings. The lowest BCUT2D eigenvalue weighted by atomic mass is 10.0. The van der Waals surface area contributed by atoms with Crippen molar-refractivity contribution in [2.75, 3.05) is 7.11 Å². The predicted molar refractivity (Wildman–Crippen MR) is 85.1 cm³/mol. The van der Waals surface area contributed by atoms with Crippen molar-refractivity contribution in [3.05, 3.63) is 58.8 Å². The second kappa shape index (κ2) is 6.64. The highest BCUT2D eigenvalue weighted by Gasteiger charge is 2.33. The molecule has 0 aliphatic heterocycles. The highest BCUT2D eigenvalue weighted by molar-refractivity contribution is 5.76. The first-order valence-corrected chi connectivity index (χ1v) is 7.62. The number of ether oxygens (including phenoxy) is 1. The van der Waals surface area contributed by atoms with Crippen LogP contribution >= 0.6 is 0 Å². The molecule has 1 heterocycles.